The van der Waals surface area contributed by atoms with Crippen molar-refractivity contribution in [1.29, 1.82) is 0 Å². The first-order valence-electron chi connectivity index (χ1n) is 34.6. The zero-order chi connectivity index (χ0) is 76.9. The quantitative estimate of drug-likeness (QED) is 0.0425. The zero-order valence-electron chi connectivity index (χ0n) is 66.3. The average Bonchev–Trinajstić information content (AvgIpc) is 0.949. The summed E-state index contributed by atoms with van der Waals surface area (Å²) in [5, 5.41) is 24.1. The van der Waals surface area contributed by atoms with Gasteiger partial charge in [-0.2, -0.15) is 0 Å². The Morgan fingerprint density at radius 1 is 0.337 bits per heavy atom. The molecule has 0 unspecified atom stereocenters. The number of hydrogen-bond donors (Lipinski definition) is 3. The number of aliphatic hydroxyl groups excluding tert-OH is 1. The minimum absolute atomic E-state index is 0. The second-order valence-electron chi connectivity index (χ2n) is 26.5. The third-order valence-corrected chi connectivity index (χ3v) is 28.6. The number of rotatable bonds is 18. The SMILES string of the molecule is C.CB(O)O.CC(=O)c1cc(C)cc(C)c1.CC(=O)c1cc(C)cc(C)c1.CC(=O)c1cc(C)cc(C)c1.CC(=O)c1cc(C)cc(C)c1.CC(=O)c1cc(C)cc(C)c1.CC(=O)c1cc(C)cc(CO)c1.CCC[CH2][Sn]([CH3])([CH2]CCC)[CH2]CCC.CCc1cc(C)cc(C(C)=O)c1.[CH3-].[Zn+][Br]. The summed E-state index contributed by atoms with van der Waals surface area (Å²) in [6, 6.07) is 40.9. The summed E-state index contributed by atoms with van der Waals surface area (Å²) in [5.74, 6) is 0.862. The van der Waals surface area contributed by atoms with Gasteiger partial charge in [-0.25, -0.2) is 0 Å². The molecule has 0 aliphatic rings. The predicted octanol–water partition coefficient (Wildman–Crippen LogP) is 23.5. The molecule has 0 saturated carbocycles. The van der Waals surface area contributed by atoms with Crippen molar-refractivity contribution in [3.8, 4) is 0 Å². The number of halogens is 1. The summed E-state index contributed by atoms with van der Waals surface area (Å²) >= 11 is 2.69. The molecule has 552 valence electrons. The number of carbonyl (C=O) groups is 7. The maximum atomic E-state index is 11.1. The van der Waals surface area contributed by atoms with Crippen molar-refractivity contribution in [3.63, 3.8) is 0 Å². The number of carbonyl (C=O) groups excluding carboxylic acids is 7. The van der Waals surface area contributed by atoms with Gasteiger partial charge in [0.15, 0.2) is 40.5 Å². The summed E-state index contributed by atoms with van der Waals surface area (Å²) in [4.78, 5) is 79.5. The van der Waals surface area contributed by atoms with E-state index in [0.717, 1.165) is 107 Å². The van der Waals surface area contributed by atoms with Crippen LogP contribution in [0.5, 0.6) is 0 Å². The van der Waals surface area contributed by atoms with E-state index in [2.05, 4.69) is 82.7 Å². The molecule has 10 nitrogen and oxygen atoms in total. The van der Waals surface area contributed by atoms with Crippen LogP contribution in [0, 0.1) is 90.5 Å². The summed E-state index contributed by atoms with van der Waals surface area (Å²) in [6.07, 6.45) is 9.75. The molecule has 0 aliphatic carbocycles. The van der Waals surface area contributed by atoms with Gasteiger partial charge in [0, 0.05) is 38.9 Å². The first-order chi connectivity index (χ1) is 46.1. The molecule has 0 aromatic heterocycles. The molecule has 0 amide bonds. The van der Waals surface area contributed by atoms with Crippen LogP contribution in [-0.4, -0.2) is 81.1 Å². The number of ketones is 7. The Kier molecular flexibility index (Phi) is 59.0. The summed E-state index contributed by atoms with van der Waals surface area (Å²) in [7, 11) is -1.17. The fourth-order valence-electron chi connectivity index (χ4n) is 10.5. The first-order valence-corrected chi connectivity index (χ1v) is 50.4. The van der Waals surface area contributed by atoms with E-state index in [-0.39, 0.29) is 61.9 Å². The molecule has 0 heterocycles. The Morgan fingerprint density at radius 3 is 0.634 bits per heavy atom. The van der Waals surface area contributed by atoms with E-state index in [1.807, 2.05) is 168 Å². The van der Waals surface area contributed by atoms with E-state index in [9.17, 15) is 33.6 Å². The minimum atomic E-state index is -1.56. The van der Waals surface area contributed by atoms with Gasteiger partial charge >= 0.3 is 133 Å². The van der Waals surface area contributed by atoms with Crippen molar-refractivity contribution < 1.29 is 65.1 Å². The van der Waals surface area contributed by atoms with Gasteiger partial charge in [0.1, 0.15) is 0 Å². The Labute approximate surface area is 634 Å². The molecule has 0 saturated heterocycles. The van der Waals surface area contributed by atoms with E-state index < -0.39 is 25.5 Å². The Balaban J connectivity index is -0.000000343. The molecule has 0 spiro atoms. The van der Waals surface area contributed by atoms with Crippen LogP contribution < -0.4 is 0 Å². The van der Waals surface area contributed by atoms with Gasteiger partial charge in [0.2, 0.25) is 0 Å². The van der Waals surface area contributed by atoms with Crippen molar-refractivity contribution in [3.05, 3.63) is 252 Å². The zero-order valence-corrected chi connectivity index (χ0v) is 73.7. The molecule has 14 heteroatoms. The van der Waals surface area contributed by atoms with Gasteiger partial charge in [-0.3, -0.25) is 33.6 Å². The van der Waals surface area contributed by atoms with Crippen molar-refractivity contribution in [2.24, 2.45) is 0 Å². The fourth-order valence-corrected chi connectivity index (χ4v) is 23.0. The molecular weight excluding hydrogens is 1480 g/mol. The van der Waals surface area contributed by atoms with E-state index in [4.69, 9.17) is 15.2 Å². The Bertz CT molecular complexity index is 3080. The van der Waals surface area contributed by atoms with Crippen LogP contribution in [0.15, 0.2) is 127 Å². The van der Waals surface area contributed by atoms with Crippen LogP contribution in [-0.2, 0) is 29.4 Å². The van der Waals surface area contributed by atoms with Gasteiger partial charge in [-0.15, -0.1) is 0 Å². The van der Waals surface area contributed by atoms with E-state index >= 15 is 0 Å². The van der Waals surface area contributed by atoms with Crippen LogP contribution in [0.1, 0.15) is 273 Å². The van der Waals surface area contributed by atoms with Gasteiger partial charge in [0.05, 0.1) is 6.61 Å². The molecule has 7 aromatic rings. The normalized spacial score (nSPS) is 9.65. The molecular formula is C87H128BBrO10SnZn. The van der Waals surface area contributed by atoms with Gasteiger partial charge < -0.3 is 22.6 Å². The van der Waals surface area contributed by atoms with Crippen molar-refractivity contribution in [2.75, 3.05) is 0 Å². The third-order valence-electron chi connectivity index (χ3n) is 15.2. The molecule has 7 aromatic carbocycles. The van der Waals surface area contributed by atoms with Crippen LogP contribution in [0.3, 0.4) is 0 Å². The van der Waals surface area contributed by atoms with Crippen LogP contribution in [0.4, 0.5) is 0 Å². The molecule has 101 heavy (non-hydrogen) atoms. The van der Waals surface area contributed by atoms with E-state index in [1.165, 1.54) is 79.7 Å². The fraction of sp³-hybridized carbons (Fsp3) is 0.425. The second-order valence-corrected chi connectivity index (χ2v) is 41.1. The molecule has 0 bridgehead atoms. The van der Waals surface area contributed by atoms with Crippen LogP contribution in [0.25, 0.3) is 0 Å². The first kappa shape index (κ1) is 104. The molecule has 0 fully saturated rings. The number of hydrogen-bond acceptors (Lipinski definition) is 10. The number of unbranched alkanes of at least 4 members (excludes halogenated alkanes) is 3. The number of aryl methyl sites for hydroxylation is 13. The molecule has 0 radical (unpaired) electrons. The van der Waals surface area contributed by atoms with Crippen LogP contribution >= 0.6 is 13.6 Å². The second kappa shape index (κ2) is 57.5. The molecule has 7 rings (SSSR count). The Morgan fingerprint density at radius 2 is 0.485 bits per heavy atom. The van der Waals surface area contributed by atoms with Gasteiger partial charge in [0.25, 0.3) is 0 Å². The number of benzene rings is 7. The molecule has 3 N–H and O–H groups in total. The van der Waals surface area contributed by atoms with Crippen molar-refractivity contribution in [1.82, 2.24) is 0 Å². The van der Waals surface area contributed by atoms with Crippen molar-refractivity contribution in [2.45, 2.75) is 243 Å². The maximum absolute atomic E-state index is 11.1. The van der Waals surface area contributed by atoms with Gasteiger partial charge in [-0.05, 0) is 241 Å². The average molecular weight is 1610 g/mol. The van der Waals surface area contributed by atoms with E-state index in [0.29, 0.717) is 5.56 Å². The monoisotopic (exact) mass is 1610 g/mol. The van der Waals surface area contributed by atoms with Gasteiger partial charge in [-0.1, -0.05) is 124 Å². The summed E-state index contributed by atoms with van der Waals surface area (Å²) in [6.45, 7) is 45.4. The number of Topliss-reactive ketones (excluding diaryl/α,β-unsaturated/α-hetero) is 7. The van der Waals surface area contributed by atoms with Crippen molar-refractivity contribution >= 4 is 79.6 Å². The standard InChI is InChI=1S/C11H14O.C10H12O2.5C10H12O.3C4H9.CH5BO2.CH4.2CH3.BrH.Sn.Zn/c1-4-10-5-8(2)6-11(7-10)9(3)12;1-7-3-9(6-11)5-10(4-7)8(2)12;5*1-7-4-8(2)6-10(5-7)9(3)11;3*1-3-4-2;1-2(3)4;;;;;;/h5-7H,4H2,1-3H3;3-5,11H,6H2,1-2H3;5*4-6H,1-3H3;3*1,3-4H2,2H3;3-4H,1H3;1H4;2*1H3;1H;;/q;;;;;;;;;;;;;-1;;;+2/p-1. The summed E-state index contributed by atoms with van der Waals surface area (Å²) in [5.41, 5.74) is 21.2. The Hall–Kier alpha value is -5.92. The third kappa shape index (κ3) is 51.0. The van der Waals surface area contributed by atoms with E-state index in [1.54, 1.807) is 60.9 Å². The van der Waals surface area contributed by atoms with Crippen LogP contribution in [0.2, 0.25) is 25.1 Å². The predicted molar refractivity (Wildman–Crippen MR) is 436 cm³/mol. The number of aliphatic hydroxyl groups is 1. The topological polar surface area (TPSA) is 180 Å². The molecule has 0 atom stereocenters. The molecule has 0 aliphatic heterocycles. The summed E-state index contributed by atoms with van der Waals surface area (Å²) < 4.78 is 4.97.